The number of amides is 2. The van der Waals surface area contributed by atoms with Crippen LogP contribution in [0.5, 0.6) is 0 Å². The molecule has 1 atom stereocenters. The van der Waals surface area contributed by atoms with E-state index in [4.69, 9.17) is 9.84 Å². The second-order valence-electron chi connectivity index (χ2n) is 10.1. The van der Waals surface area contributed by atoms with Crippen molar-refractivity contribution in [3.63, 3.8) is 0 Å². The third kappa shape index (κ3) is 4.98. The number of ether oxygens (including phenoxy) is 1. The molecule has 0 saturated heterocycles. The van der Waals surface area contributed by atoms with E-state index in [-0.39, 0.29) is 12.1 Å². The fourth-order valence-electron chi connectivity index (χ4n) is 5.18. The van der Waals surface area contributed by atoms with Gasteiger partial charge in [-0.25, -0.2) is 9.48 Å². The molecule has 2 aromatic heterocycles. The number of hydrogen-bond acceptors (Lipinski definition) is 3. The Morgan fingerprint density at radius 3 is 2.55 bits per heavy atom. The monoisotopic (exact) mass is 511 g/mol. The smallest absolute Gasteiger partial charge is 0.318 e. The molecule has 1 N–H and O–H groups in total. The minimum atomic E-state index is -0.255. The van der Waals surface area contributed by atoms with Crippen molar-refractivity contribution in [3.05, 3.63) is 101 Å². The van der Waals surface area contributed by atoms with Crippen LogP contribution in [-0.2, 0) is 11.3 Å². The second-order valence-corrected chi connectivity index (χ2v) is 10.1. The van der Waals surface area contributed by atoms with E-state index in [0.717, 1.165) is 40.4 Å². The number of hydrogen-bond donors (Lipinski definition) is 1. The predicted molar refractivity (Wildman–Crippen MR) is 150 cm³/mol. The zero-order valence-electron chi connectivity index (χ0n) is 22.7. The summed E-state index contributed by atoms with van der Waals surface area (Å²) in [5.41, 5.74) is 6.33. The number of rotatable bonds is 8. The number of fused-ring (bicyclic) bond motifs is 3. The lowest BCUT2D eigenvalue weighted by Gasteiger charge is -2.31. The first-order chi connectivity index (χ1) is 18.5. The molecular weight excluding hydrogens is 474 g/mol. The lowest BCUT2D eigenvalue weighted by atomic mass is 9.97. The molecule has 2 aromatic carbocycles. The van der Waals surface area contributed by atoms with Crippen molar-refractivity contribution in [1.82, 2.24) is 24.6 Å². The lowest BCUT2D eigenvalue weighted by molar-refractivity contribution is 0.143. The van der Waals surface area contributed by atoms with Crippen LogP contribution in [0.25, 0.3) is 11.5 Å². The van der Waals surface area contributed by atoms with Gasteiger partial charge in [0.25, 0.3) is 0 Å². The molecule has 0 aliphatic carbocycles. The van der Waals surface area contributed by atoms with Crippen LogP contribution in [0.2, 0.25) is 0 Å². The fraction of sp³-hybridized carbons (Fsp3) is 0.355. The van der Waals surface area contributed by atoms with Crippen LogP contribution in [0.15, 0.2) is 72.9 Å². The van der Waals surface area contributed by atoms with E-state index in [1.807, 2.05) is 41.6 Å². The number of carbonyl (C=O) groups is 1. The van der Waals surface area contributed by atoms with E-state index < -0.39 is 0 Å². The standard InChI is InChI=1S/C31H37N5O2/c1-5-38-20-10-18-32-31(37)35-21-27-23(4)33-36(26-11-7-6-8-12-26)30(27)34-19-9-13-28(34)29(35)25-16-14-24(15-17-25)22(2)3/h6-9,11-17,19,22,29H,5,10,18,20-21H2,1-4H3,(H,32,37). The molecule has 0 fully saturated rings. The van der Waals surface area contributed by atoms with Crippen LogP contribution >= 0.6 is 0 Å². The summed E-state index contributed by atoms with van der Waals surface area (Å²) in [6.45, 7) is 10.7. The third-order valence-electron chi connectivity index (χ3n) is 7.21. The van der Waals surface area contributed by atoms with Crippen molar-refractivity contribution >= 4 is 6.03 Å². The maximum atomic E-state index is 13.8. The van der Waals surface area contributed by atoms with Gasteiger partial charge in [0.1, 0.15) is 5.82 Å². The average Bonchev–Trinajstić information content (AvgIpc) is 3.49. The number of aromatic nitrogens is 3. The molecule has 1 unspecified atom stereocenters. The molecule has 5 rings (SSSR count). The van der Waals surface area contributed by atoms with E-state index in [1.54, 1.807) is 0 Å². The van der Waals surface area contributed by atoms with Gasteiger partial charge in [0.05, 0.1) is 29.7 Å². The summed E-state index contributed by atoms with van der Waals surface area (Å²) in [6, 6.07) is 22.7. The molecule has 1 aliphatic heterocycles. The van der Waals surface area contributed by atoms with Crippen molar-refractivity contribution in [3.8, 4) is 11.5 Å². The molecule has 7 heteroatoms. The maximum absolute atomic E-state index is 13.8. The number of carbonyl (C=O) groups excluding carboxylic acids is 1. The highest BCUT2D eigenvalue weighted by atomic mass is 16.5. The van der Waals surface area contributed by atoms with Crippen LogP contribution < -0.4 is 5.32 Å². The van der Waals surface area contributed by atoms with E-state index in [2.05, 4.69) is 78.5 Å². The third-order valence-corrected chi connectivity index (χ3v) is 7.21. The average molecular weight is 512 g/mol. The van der Waals surface area contributed by atoms with Gasteiger partial charge >= 0.3 is 6.03 Å². The Kier molecular flexibility index (Phi) is 7.65. The summed E-state index contributed by atoms with van der Waals surface area (Å²) in [5.74, 6) is 1.42. The molecule has 0 radical (unpaired) electrons. The molecule has 4 aromatic rings. The molecule has 0 saturated carbocycles. The number of benzene rings is 2. The highest BCUT2D eigenvalue weighted by Gasteiger charge is 2.35. The van der Waals surface area contributed by atoms with Gasteiger partial charge in [-0.3, -0.25) is 0 Å². The number of nitrogens with zero attached hydrogens (tertiary/aromatic N) is 4. The molecule has 0 spiro atoms. The van der Waals surface area contributed by atoms with Crippen LogP contribution in [0.1, 0.15) is 67.2 Å². The van der Waals surface area contributed by atoms with Gasteiger partial charge < -0.3 is 19.5 Å². The fourth-order valence-corrected chi connectivity index (χ4v) is 5.18. The lowest BCUT2D eigenvalue weighted by Crippen LogP contribution is -2.42. The van der Waals surface area contributed by atoms with Crippen LogP contribution in [0.4, 0.5) is 4.79 Å². The number of urea groups is 1. The molecular formula is C31H37N5O2. The highest BCUT2D eigenvalue weighted by molar-refractivity contribution is 5.76. The topological polar surface area (TPSA) is 64.3 Å². The minimum Gasteiger partial charge on any atom is -0.382 e. The van der Waals surface area contributed by atoms with Gasteiger partial charge in [-0.05, 0) is 61.6 Å². The SMILES string of the molecule is CCOCCCNC(=O)N1Cc2c(C)nn(-c3ccccc3)c2-n2cccc2C1c1ccc(C(C)C)cc1. The molecule has 7 nitrogen and oxygen atoms in total. The zero-order chi connectivity index (χ0) is 26.6. The number of aryl methyl sites for hydroxylation is 1. The summed E-state index contributed by atoms with van der Waals surface area (Å²) in [4.78, 5) is 15.8. The molecule has 3 heterocycles. The van der Waals surface area contributed by atoms with Crippen molar-refractivity contribution < 1.29 is 9.53 Å². The Balaban J connectivity index is 1.60. The largest absolute Gasteiger partial charge is 0.382 e. The van der Waals surface area contributed by atoms with E-state index in [1.165, 1.54) is 5.56 Å². The van der Waals surface area contributed by atoms with Crippen molar-refractivity contribution in [1.29, 1.82) is 0 Å². The van der Waals surface area contributed by atoms with E-state index in [9.17, 15) is 4.79 Å². The first-order valence-corrected chi connectivity index (χ1v) is 13.5. The van der Waals surface area contributed by atoms with Crippen LogP contribution in [0, 0.1) is 6.92 Å². The van der Waals surface area contributed by atoms with Crippen LogP contribution in [0.3, 0.4) is 0 Å². The summed E-state index contributed by atoms with van der Waals surface area (Å²) in [6.07, 6.45) is 2.85. The predicted octanol–water partition coefficient (Wildman–Crippen LogP) is 6.14. The Labute approximate surface area is 225 Å². The number of nitrogens with one attached hydrogen (secondary N) is 1. The number of para-hydroxylation sites is 1. The molecule has 38 heavy (non-hydrogen) atoms. The normalized spacial score (nSPS) is 14.8. The summed E-state index contributed by atoms with van der Waals surface area (Å²) >= 11 is 0. The van der Waals surface area contributed by atoms with Crippen molar-refractivity contribution in [2.24, 2.45) is 0 Å². The maximum Gasteiger partial charge on any atom is 0.318 e. The Morgan fingerprint density at radius 1 is 1.08 bits per heavy atom. The zero-order valence-corrected chi connectivity index (χ0v) is 22.7. The minimum absolute atomic E-state index is 0.0908. The summed E-state index contributed by atoms with van der Waals surface area (Å²) in [5, 5.41) is 8.07. The molecule has 0 bridgehead atoms. The van der Waals surface area contributed by atoms with Crippen molar-refractivity contribution in [2.45, 2.75) is 52.6 Å². The van der Waals surface area contributed by atoms with E-state index >= 15 is 0 Å². The van der Waals surface area contributed by atoms with Crippen LogP contribution in [-0.4, -0.2) is 45.0 Å². The first kappa shape index (κ1) is 25.8. The van der Waals surface area contributed by atoms with Gasteiger partial charge in [0.15, 0.2) is 0 Å². The molecule has 198 valence electrons. The molecule has 2 amide bonds. The van der Waals surface area contributed by atoms with Gasteiger partial charge in [-0.1, -0.05) is 56.3 Å². The molecule has 1 aliphatic rings. The highest BCUT2D eigenvalue weighted by Crippen LogP contribution is 2.38. The van der Waals surface area contributed by atoms with Gasteiger partial charge in [-0.2, -0.15) is 5.10 Å². The Hall–Kier alpha value is -3.84. The van der Waals surface area contributed by atoms with Gasteiger partial charge in [0.2, 0.25) is 0 Å². The van der Waals surface area contributed by atoms with E-state index in [0.29, 0.717) is 32.2 Å². The second kappa shape index (κ2) is 11.3. The van der Waals surface area contributed by atoms with Gasteiger partial charge in [-0.15, -0.1) is 0 Å². The summed E-state index contributed by atoms with van der Waals surface area (Å²) in [7, 11) is 0. The Morgan fingerprint density at radius 2 is 1.84 bits per heavy atom. The summed E-state index contributed by atoms with van der Waals surface area (Å²) < 4.78 is 9.66. The Bertz CT molecular complexity index is 1370. The van der Waals surface area contributed by atoms with Crippen molar-refractivity contribution in [2.75, 3.05) is 19.8 Å². The quantitative estimate of drug-likeness (QED) is 0.289. The van der Waals surface area contributed by atoms with Gasteiger partial charge in [0, 0.05) is 31.5 Å². The first-order valence-electron chi connectivity index (χ1n) is 13.5.